The number of nitrogens with one attached hydrogen (secondary N) is 1. The van der Waals surface area contributed by atoms with Crippen molar-refractivity contribution in [3.8, 4) is 0 Å². The fraction of sp³-hybridized carbons (Fsp3) is 0.588. The Balaban J connectivity index is 1.88. The number of rotatable bonds is 4. The largest absolute Gasteiger partial charge is 0.372 e. The van der Waals surface area contributed by atoms with Gasteiger partial charge in [0, 0.05) is 16.4 Å². The van der Waals surface area contributed by atoms with E-state index in [1.807, 2.05) is 12.1 Å². The lowest BCUT2D eigenvalue weighted by Gasteiger charge is -2.22. The van der Waals surface area contributed by atoms with Crippen molar-refractivity contribution in [2.45, 2.75) is 64.6 Å². The van der Waals surface area contributed by atoms with Crippen molar-refractivity contribution in [1.82, 2.24) is 9.38 Å². The lowest BCUT2D eigenvalue weighted by Crippen LogP contribution is -2.17. The van der Waals surface area contributed by atoms with E-state index in [1.165, 1.54) is 43.5 Å². The van der Waals surface area contributed by atoms with E-state index in [0.717, 1.165) is 10.2 Å². The van der Waals surface area contributed by atoms with Crippen LogP contribution >= 0.6 is 12.2 Å². The summed E-state index contributed by atoms with van der Waals surface area (Å²) in [5.41, 5.74) is 3.56. The van der Waals surface area contributed by atoms with Crippen LogP contribution in [0.5, 0.6) is 0 Å². The smallest absolute Gasteiger partial charge is 0.116 e. The van der Waals surface area contributed by atoms with Gasteiger partial charge in [0.05, 0.1) is 18.4 Å². The monoisotopic (exact) mass is 304 g/mol. The van der Waals surface area contributed by atoms with E-state index in [1.54, 1.807) is 0 Å². The van der Waals surface area contributed by atoms with Gasteiger partial charge in [0.1, 0.15) is 5.65 Å². The first-order valence-electron chi connectivity index (χ1n) is 8.00. The summed E-state index contributed by atoms with van der Waals surface area (Å²) in [7, 11) is 0. The summed E-state index contributed by atoms with van der Waals surface area (Å²) < 4.78 is 9.25. The average Bonchev–Trinajstić information content (AvgIpc) is 2.84. The van der Waals surface area contributed by atoms with E-state index in [9.17, 15) is 0 Å². The van der Waals surface area contributed by atoms with E-state index in [-0.39, 0.29) is 0 Å². The molecule has 0 spiro atoms. The van der Waals surface area contributed by atoms with Crippen molar-refractivity contribution in [2.75, 3.05) is 0 Å². The lowest BCUT2D eigenvalue weighted by molar-refractivity contribution is 0.0145. The van der Waals surface area contributed by atoms with Crippen molar-refractivity contribution in [1.29, 1.82) is 0 Å². The topological polar surface area (TPSA) is 29.4 Å². The van der Waals surface area contributed by atoms with E-state index < -0.39 is 0 Å². The number of aromatic amines is 1. The molecule has 0 amide bonds. The third kappa shape index (κ3) is 3.22. The summed E-state index contributed by atoms with van der Waals surface area (Å²) in [6, 6.07) is 4.00. The summed E-state index contributed by atoms with van der Waals surface area (Å²) in [6.07, 6.45) is 8.88. The highest BCUT2D eigenvalue weighted by molar-refractivity contribution is 7.71. The first-order chi connectivity index (χ1) is 10.1. The fourth-order valence-corrected chi connectivity index (χ4v) is 3.38. The van der Waals surface area contributed by atoms with Gasteiger partial charge in [0.2, 0.25) is 0 Å². The zero-order chi connectivity index (χ0) is 14.8. The second-order valence-corrected chi connectivity index (χ2v) is 6.80. The van der Waals surface area contributed by atoms with E-state index in [2.05, 4.69) is 29.4 Å². The molecule has 0 unspecified atom stereocenters. The number of H-pyrrole nitrogens is 1. The van der Waals surface area contributed by atoms with Crippen LogP contribution in [0.3, 0.4) is 0 Å². The molecule has 2 aromatic rings. The Hall–Kier alpha value is -1.13. The van der Waals surface area contributed by atoms with Crippen molar-refractivity contribution < 1.29 is 4.74 Å². The van der Waals surface area contributed by atoms with E-state index in [4.69, 9.17) is 17.0 Å². The van der Waals surface area contributed by atoms with Gasteiger partial charge in [0.15, 0.2) is 0 Å². The number of nitrogens with zero attached hydrogens (tertiary/aromatic N) is 1. The second-order valence-electron chi connectivity index (χ2n) is 6.33. The summed E-state index contributed by atoms with van der Waals surface area (Å²) in [6.45, 7) is 5.10. The van der Waals surface area contributed by atoms with Crippen molar-refractivity contribution in [3.05, 3.63) is 34.2 Å². The molecule has 3 nitrogen and oxygen atoms in total. The number of imidazole rings is 1. The van der Waals surface area contributed by atoms with E-state index >= 15 is 0 Å². The maximum absolute atomic E-state index is 6.19. The Morgan fingerprint density at radius 1 is 1.33 bits per heavy atom. The van der Waals surface area contributed by atoms with Gasteiger partial charge in [-0.25, -0.2) is 0 Å². The number of hydrogen-bond acceptors (Lipinski definition) is 2. The van der Waals surface area contributed by atoms with Crippen molar-refractivity contribution in [3.63, 3.8) is 0 Å². The predicted octanol–water partition coefficient (Wildman–Crippen LogP) is 4.97. The van der Waals surface area contributed by atoms with Gasteiger partial charge in [-0.15, -0.1) is 0 Å². The van der Waals surface area contributed by atoms with Crippen LogP contribution in [0.15, 0.2) is 18.3 Å². The number of aromatic nitrogens is 2. The SMILES string of the molecule is CC(C)c1[nH]c2cc(=S)ccn2c1COC1CCCCC1. The van der Waals surface area contributed by atoms with Gasteiger partial charge in [-0.2, -0.15) is 0 Å². The minimum absolute atomic E-state index is 0.433. The molecule has 0 saturated heterocycles. The summed E-state index contributed by atoms with van der Waals surface area (Å²) in [5, 5.41) is 0. The molecule has 0 bridgehead atoms. The minimum Gasteiger partial charge on any atom is -0.372 e. The Bertz CT molecular complexity index is 665. The van der Waals surface area contributed by atoms with Crippen molar-refractivity contribution >= 4 is 17.9 Å². The molecule has 21 heavy (non-hydrogen) atoms. The number of hydrogen-bond donors (Lipinski definition) is 1. The molecular weight excluding hydrogens is 280 g/mol. The zero-order valence-electron chi connectivity index (χ0n) is 12.9. The number of fused-ring (bicyclic) bond motifs is 1. The Kier molecular flexibility index (Phi) is 4.45. The molecule has 0 aliphatic heterocycles. The molecule has 4 heteroatoms. The summed E-state index contributed by atoms with van der Waals surface area (Å²) in [4.78, 5) is 3.51. The molecule has 0 atom stereocenters. The van der Waals surface area contributed by atoms with Crippen LogP contribution in [0.4, 0.5) is 0 Å². The number of ether oxygens (including phenoxy) is 1. The minimum atomic E-state index is 0.433. The third-order valence-electron chi connectivity index (χ3n) is 4.38. The predicted molar refractivity (Wildman–Crippen MR) is 88.3 cm³/mol. The molecule has 1 saturated carbocycles. The standard InChI is InChI=1S/C17H24N2OS/c1-12(2)17-15(11-20-13-6-4-3-5-7-13)19-9-8-14(21)10-16(19)18-17/h8-10,12-13,18H,3-7,11H2,1-2H3. The lowest BCUT2D eigenvalue weighted by atomic mass is 9.98. The quantitative estimate of drug-likeness (QED) is 0.808. The first kappa shape index (κ1) is 14.8. The molecular formula is C17H24N2OS. The molecule has 1 N–H and O–H groups in total. The van der Waals surface area contributed by atoms with Crippen LogP contribution < -0.4 is 0 Å². The van der Waals surface area contributed by atoms with Crippen LogP contribution in [0, 0.1) is 4.51 Å². The van der Waals surface area contributed by atoms with Gasteiger partial charge in [-0.1, -0.05) is 45.3 Å². The summed E-state index contributed by atoms with van der Waals surface area (Å²) in [5.74, 6) is 0.448. The van der Waals surface area contributed by atoms with Crippen LogP contribution in [-0.2, 0) is 11.3 Å². The summed E-state index contributed by atoms with van der Waals surface area (Å²) >= 11 is 5.26. The molecule has 3 rings (SSSR count). The highest BCUT2D eigenvalue weighted by Gasteiger charge is 2.18. The van der Waals surface area contributed by atoms with Gasteiger partial charge >= 0.3 is 0 Å². The average molecular weight is 304 g/mol. The van der Waals surface area contributed by atoms with Crippen LogP contribution in [0.2, 0.25) is 0 Å². The van der Waals surface area contributed by atoms with Gasteiger partial charge in [-0.05, 0) is 30.9 Å². The van der Waals surface area contributed by atoms with Gasteiger partial charge in [0.25, 0.3) is 0 Å². The molecule has 1 aliphatic carbocycles. The van der Waals surface area contributed by atoms with Crippen LogP contribution in [0.25, 0.3) is 5.65 Å². The number of pyridine rings is 1. The van der Waals surface area contributed by atoms with Gasteiger partial charge in [-0.3, -0.25) is 0 Å². The Morgan fingerprint density at radius 2 is 2.10 bits per heavy atom. The van der Waals surface area contributed by atoms with Crippen LogP contribution in [-0.4, -0.2) is 15.5 Å². The maximum atomic E-state index is 6.19. The van der Waals surface area contributed by atoms with Crippen molar-refractivity contribution in [2.24, 2.45) is 0 Å². The third-order valence-corrected chi connectivity index (χ3v) is 4.63. The van der Waals surface area contributed by atoms with Gasteiger partial charge < -0.3 is 14.1 Å². The molecule has 0 radical (unpaired) electrons. The molecule has 1 fully saturated rings. The molecule has 114 valence electrons. The highest BCUT2D eigenvalue weighted by atomic mass is 32.1. The highest BCUT2D eigenvalue weighted by Crippen LogP contribution is 2.25. The molecule has 1 aliphatic rings. The fourth-order valence-electron chi connectivity index (χ4n) is 3.21. The normalized spacial score (nSPS) is 16.9. The van der Waals surface area contributed by atoms with Crippen LogP contribution in [0.1, 0.15) is 63.3 Å². The Labute approximate surface area is 131 Å². The molecule has 0 aromatic carbocycles. The molecule has 2 aromatic heterocycles. The zero-order valence-corrected chi connectivity index (χ0v) is 13.7. The maximum Gasteiger partial charge on any atom is 0.116 e. The second kappa shape index (κ2) is 6.32. The Morgan fingerprint density at radius 3 is 2.81 bits per heavy atom. The van der Waals surface area contributed by atoms with E-state index in [0.29, 0.717) is 18.6 Å². The molecule has 2 heterocycles. The first-order valence-corrected chi connectivity index (χ1v) is 8.40.